The van der Waals surface area contributed by atoms with Crippen LogP contribution in [0, 0.1) is 11.7 Å². The van der Waals surface area contributed by atoms with Gasteiger partial charge in [-0.3, -0.25) is 14.3 Å². The Kier molecular flexibility index (Phi) is 3.26. The van der Waals surface area contributed by atoms with Gasteiger partial charge in [-0.25, -0.2) is 4.79 Å². The van der Waals surface area contributed by atoms with Gasteiger partial charge in [0.15, 0.2) is 0 Å². The molecule has 0 aliphatic heterocycles. The van der Waals surface area contributed by atoms with Gasteiger partial charge in [0.1, 0.15) is 0 Å². The Morgan fingerprint density at radius 2 is 2.00 bits per heavy atom. The van der Waals surface area contributed by atoms with Gasteiger partial charge in [-0.2, -0.15) is 4.39 Å². The zero-order valence-electron chi connectivity index (χ0n) is 10.9. The Morgan fingerprint density at radius 3 is 2.75 bits per heavy atom. The van der Waals surface area contributed by atoms with E-state index < -0.39 is 17.1 Å². The molecule has 0 spiro atoms. The van der Waals surface area contributed by atoms with Gasteiger partial charge in [-0.1, -0.05) is 30.3 Å². The average molecular weight is 274 g/mol. The van der Waals surface area contributed by atoms with Crippen LogP contribution in [0.3, 0.4) is 0 Å². The molecule has 1 aliphatic carbocycles. The van der Waals surface area contributed by atoms with Crippen LogP contribution in [0.15, 0.2) is 46.1 Å². The van der Waals surface area contributed by atoms with Crippen molar-refractivity contribution in [3.63, 3.8) is 0 Å². The molecule has 1 saturated carbocycles. The van der Waals surface area contributed by atoms with Crippen LogP contribution in [-0.2, 0) is 6.54 Å². The first-order valence-corrected chi connectivity index (χ1v) is 6.69. The van der Waals surface area contributed by atoms with Crippen molar-refractivity contribution < 1.29 is 4.39 Å². The molecule has 1 heterocycles. The van der Waals surface area contributed by atoms with Gasteiger partial charge < -0.3 is 0 Å². The van der Waals surface area contributed by atoms with Crippen molar-refractivity contribution in [2.45, 2.75) is 25.3 Å². The molecule has 1 fully saturated rings. The molecule has 2 atom stereocenters. The van der Waals surface area contributed by atoms with Gasteiger partial charge >= 0.3 is 5.69 Å². The Balaban J connectivity index is 1.64. The number of aryl methyl sites for hydroxylation is 1. The lowest BCUT2D eigenvalue weighted by Gasteiger charge is -2.04. The summed E-state index contributed by atoms with van der Waals surface area (Å²) in [7, 11) is 0. The highest BCUT2D eigenvalue weighted by molar-refractivity contribution is 5.25. The molecule has 5 heteroatoms. The first-order valence-electron chi connectivity index (χ1n) is 6.69. The average Bonchev–Trinajstić information content (AvgIpc) is 3.22. The fourth-order valence-corrected chi connectivity index (χ4v) is 2.63. The zero-order chi connectivity index (χ0) is 14.1. The van der Waals surface area contributed by atoms with Gasteiger partial charge in [0.05, 0.1) is 6.20 Å². The molecule has 0 radical (unpaired) electrons. The number of aromatic nitrogens is 2. The van der Waals surface area contributed by atoms with Crippen LogP contribution in [0.1, 0.15) is 24.3 Å². The van der Waals surface area contributed by atoms with E-state index >= 15 is 0 Å². The lowest BCUT2D eigenvalue weighted by Crippen LogP contribution is -2.31. The highest BCUT2D eigenvalue weighted by Gasteiger charge is 2.37. The maximum atomic E-state index is 13.1. The summed E-state index contributed by atoms with van der Waals surface area (Å²) in [6, 6.07) is 10.2. The normalized spacial score (nSPS) is 20.9. The Bertz CT molecular complexity index is 721. The molecule has 1 aromatic carbocycles. The van der Waals surface area contributed by atoms with Crippen LogP contribution < -0.4 is 11.2 Å². The summed E-state index contributed by atoms with van der Waals surface area (Å²) in [5.74, 6) is 0.152. The molecule has 4 nitrogen and oxygen atoms in total. The lowest BCUT2D eigenvalue weighted by molar-refractivity contribution is 0.520. The van der Waals surface area contributed by atoms with Gasteiger partial charge in [-0.05, 0) is 30.2 Å². The monoisotopic (exact) mass is 274 g/mol. The molecule has 1 N–H and O–H groups in total. The third kappa shape index (κ3) is 2.57. The highest BCUT2D eigenvalue weighted by atomic mass is 19.1. The fraction of sp³-hybridized carbons (Fsp3) is 0.333. The minimum Gasteiger partial charge on any atom is -0.298 e. The van der Waals surface area contributed by atoms with Crippen LogP contribution >= 0.6 is 0 Å². The van der Waals surface area contributed by atoms with Gasteiger partial charge in [0.25, 0.3) is 5.56 Å². The first-order chi connectivity index (χ1) is 9.65. The largest absolute Gasteiger partial charge is 0.328 e. The molecule has 1 aromatic heterocycles. The first kappa shape index (κ1) is 12.8. The van der Waals surface area contributed by atoms with E-state index in [1.54, 1.807) is 0 Å². The van der Waals surface area contributed by atoms with Crippen molar-refractivity contribution in [1.29, 1.82) is 0 Å². The number of nitrogens with zero attached hydrogens (tertiary/aromatic N) is 1. The molecule has 3 rings (SSSR count). The van der Waals surface area contributed by atoms with E-state index in [-0.39, 0.29) is 0 Å². The number of halogens is 1. The maximum absolute atomic E-state index is 13.1. The van der Waals surface area contributed by atoms with Crippen LogP contribution in [0.4, 0.5) is 4.39 Å². The van der Waals surface area contributed by atoms with E-state index in [1.165, 1.54) is 10.1 Å². The van der Waals surface area contributed by atoms with Crippen LogP contribution in [-0.4, -0.2) is 9.55 Å². The number of hydrogen-bond acceptors (Lipinski definition) is 2. The SMILES string of the molecule is O=c1[nH]c(=O)n(CC[C@@H]2C[C@H]2c2ccccc2)cc1F. The summed E-state index contributed by atoms with van der Waals surface area (Å²) in [5.41, 5.74) is -0.189. The number of benzene rings is 1. The van der Waals surface area contributed by atoms with Gasteiger partial charge in [0.2, 0.25) is 5.82 Å². The zero-order valence-corrected chi connectivity index (χ0v) is 10.9. The van der Waals surface area contributed by atoms with Crippen molar-refractivity contribution in [2.75, 3.05) is 0 Å². The van der Waals surface area contributed by atoms with E-state index in [4.69, 9.17) is 0 Å². The second-order valence-electron chi connectivity index (χ2n) is 5.23. The van der Waals surface area contributed by atoms with E-state index in [0.29, 0.717) is 18.4 Å². The Labute approximate surface area is 114 Å². The molecular formula is C15H15FN2O2. The number of H-pyrrole nitrogens is 1. The quantitative estimate of drug-likeness (QED) is 0.925. The molecule has 0 saturated heterocycles. The second kappa shape index (κ2) is 5.07. The standard InChI is InChI=1S/C15H15FN2O2/c16-13-9-18(15(20)17-14(13)19)7-6-11-8-12(11)10-4-2-1-3-5-10/h1-5,9,11-12H,6-8H2,(H,17,19,20)/t11-,12+/m1/s1. The molecule has 0 unspecified atom stereocenters. The summed E-state index contributed by atoms with van der Waals surface area (Å²) < 4.78 is 14.4. The molecule has 1 aliphatic rings. The molecule has 104 valence electrons. The van der Waals surface area contributed by atoms with E-state index in [2.05, 4.69) is 12.1 Å². The number of nitrogens with one attached hydrogen (secondary N) is 1. The smallest absolute Gasteiger partial charge is 0.298 e. The Hall–Kier alpha value is -2.17. The van der Waals surface area contributed by atoms with Crippen LogP contribution in [0.25, 0.3) is 0 Å². The van der Waals surface area contributed by atoms with E-state index in [9.17, 15) is 14.0 Å². The van der Waals surface area contributed by atoms with Gasteiger partial charge in [-0.15, -0.1) is 0 Å². The summed E-state index contributed by atoms with van der Waals surface area (Å²) >= 11 is 0. The third-order valence-corrected chi connectivity index (χ3v) is 3.86. The minimum atomic E-state index is -0.958. The van der Waals surface area contributed by atoms with Crippen molar-refractivity contribution in [3.05, 3.63) is 68.7 Å². The molecule has 0 amide bonds. The molecule has 20 heavy (non-hydrogen) atoms. The van der Waals surface area contributed by atoms with Crippen molar-refractivity contribution >= 4 is 0 Å². The minimum absolute atomic E-state index is 0.431. The third-order valence-electron chi connectivity index (χ3n) is 3.86. The van der Waals surface area contributed by atoms with E-state index in [0.717, 1.165) is 19.0 Å². The van der Waals surface area contributed by atoms with E-state index in [1.807, 2.05) is 23.2 Å². The fourth-order valence-electron chi connectivity index (χ4n) is 2.63. The summed E-state index contributed by atoms with van der Waals surface area (Å²) in [6.07, 6.45) is 2.90. The number of hydrogen-bond donors (Lipinski definition) is 1. The predicted molar refractivity (Wildman–Crippen MR) is 73.2 cm³/mol. The van der Waals surface area contributed by atoms with Crippen LogP contribution in [0.2, 0.25) is 0 Å². The summed E-state index contributed by atoms with van der Waals surface area (Å²) in [5, 5.41) is 0. The topological polar surface area (TPSA) is 54.9 Å². The predicted octanol–water partition coefficient (Wildman–Crippen LogP) is 1.87. The second-order valence-corrected chi connectivity index (χ2v) is 5.23. The van der Waals surface area contributed by atoms with Gasteiger partial charge in [0, 0.05) is 6.54 Å². The highest BCUT2D eigenvalue weighted by Crippen LogP contribution is 2.49. The molecule has 2 aromatic rings. The van der Waals surface area contributed by atoms with Crippen molar-refractivity contribution in [3.8, 4) is 0 Å². The lowest BCUT2D eigenvalue weighted by atomic mass is 10.1. The Morgan fingerprint density at radius 1 is 1.25 bits per heavy atom. The molecular weight excluding hydrogens is 259 g/mol. The van der Waals surface area contributed by atoms with Crippen molar-refractivity contribution in [1.82, 2.24) is 9.55 Å². The number of rotatable bonds is 4. The van der Waals surface area contributed by atoms with Crippen LogP contribution in [0.5, 0.6) is 0 Å². The molecule has 0 bridgehead atoms. The summed E-state index contributed by atoms with van der Waals surface area (Å²) in [6.45, 7) is 0.431. The number of aromatic amines is 1. The van der Waals surface area contributed by atoms with Crippen molar-refractivity contribution in [2.24, 2.45) is 5.92 Å². The maximum Gasteiger partial charge on any atom is 0.328 e. The summed E-state index contributed by atoms with van der Waals surface area (Å²) in [4.78, 5) is 24.4.